The number of amides is 2. The molecule has 0 aromatic heterocycles. The van der Waals surface area contributed by atoms with Gasteiger partial charge in [0.2, 0.25) is 11.8 Å². The van der Waals surface area contributed by atoms with Crippen LogP contribution in [0.2, 0.25) is 5.02 Å². The summed E-state index contributed by atoms with van der Waals surface area (Å²) in [5, 5.41) is 3.52. The monoisotopic (exact) mass is 448 g/mol. The lowest BCUT2D eigenvalue weighted by Gasteiger charge is -2.31. The minimum absolute atomic E-state index is 0.0546. The number of nitrogens with one attached hydrogen (secondary N) is 1. The van der Waals surface area contributed by atoms with Crippen LogP contribution in [0.15, 0.2) is 84.9 Å². The van der Waals surface area contributed by atoms with Crippen molar-refractivity contribution in [3.8, 4) is 0 Å². The first-order chi connectivity index (χ1) is 15.6. The Kier molecular flexibility index (Phi) is 8.88. The van der Waals surface area contributed by atoms with Crippen LogP contribution in [0.5, 0.6) is 0 Å². The number of aryl methyl sites for hydroxylation is 1. The number of likely N-dealkylation sites (N-methyl/N-ethyl adjacent to an activating group) is 1. The number of hydrogen-bond acceptors (Lipinski definition) is 2. The number of rotatable bonds is 10. The van der Waals surface area contributed by atoms with Crippen LogP contribution in [0.1, 0.15) is 30.0 Å². The SMILES string of the molecule is CCNC(=O)[C@H](Cc1ccccc1)N(Cc1cccc(Cl)c1)C(=O)CCc1ccccc1. The highest BCUT2D eigenvalue weighted by Crippen LogP contribution is 2.19. The third-order valence-electron chi connectivity index (χ3n) is 5.33. The third kappa shape index (κ3) is 6.96. The van der Waals surface area contributed by atoms with Gasteiger partial charge in [-0.25, -0.2) is 0 Å². The molecule has 0 aliphatic carbocycles. The molecule has 32 heavy (non-hydrogen) atoms. The molecule has 1 N–H and O–H groups in total. The summed E-state index contributed by atoms with van der Waals surface area (Å²) >= 11 is 6.19. The first-order valence-electron chi connectivity index (χ1n) is 11.0. The van der Waals surface area contributed by atoms with Crippen LogP contribution < -0.4 is 5.32 Å². The van der Waals surface area contributed by atoms with E-state index in [4.69, 9.17) is 11.6 Å². The molecule has 0 fully saturated rings. The largest absolute Gasteiger partial charge is 0.355 e. The lowest BCUT2D eigenvalue weighted by molar-refractivity contribution is -0.141. The summed E-state index contributed by atoms with van der Waals surface area (Å²) in [7, 11) is 0. The molecular formula is C27H29ClN2O2. The maximum atomic E-state index is 13.5. The van der Waals surface area contributed by atoms with E-state index in [2.05, 4.69) is 5.32 Å². The molecule has 0 saturated heterocycles. The Bertz CT molecular complexity index is 1010. The van der Waals surface area contributed by atoms with E-state index in [1.807, 2.05) is 85.8 Å². The lowest BCUT2D eigenvalue weighted by atomic mass is 10.0. The highest BCUT2D eigenvalue weighted by Gasteiger charge is 2.29. The molecule has 0 spiro atoms. The summed E-state index contributed by atoms with van der Waals surface area (Å²) in [6.45, 7) is 2.71. The maximum Gasteiger partial charge on any atom is 0.243 e. The smallest absolute Gasteiger partial charge is 0.243 e. The molecule has 0 heterocycles. The van der Waals surface area contributed by atoms with Crippen molar-refractivity contribution < 1.29 is 9.59 Å². The number of benzene rings is 3. The van der Waals surface area contributed by atoms with Gasteiger partial charge in [0.05, 0.1) is 0 Å². The standard InChI is InChI=1S/C27H29ClN2O2/c1-2-29-27(32)25(19-22-12-7-4-8-13-22)30(20-23-14-9-15-24(28)18-23)26(31)17-16-21-10-5-3-6-11-21/h3-15,18,25H,2,16-17,19-20H2,1H3,(H,29,32)/t25-/m0/s1. The average molecular weight is 449 g/mol. The minimum atomic E-state index is -0.611. The van der Waals surface area contributed by atoms with Crippen LogP contribution in [0.4, 0.5) is 0 Å². The maximum absolute atomic E-state index is 13.5. The zero-order chi connectivity index (χ0) is 22.8. The number of halogens is 1. The molecule has 0 saturated carbocycles. The molecule has 0 radical (unpaired) electrons. The summed E-state index contributed by atoms with van der Waals surface area (Å²) in [4.78, 5) is 28.3. The van der Waals surface area contributed by atoms with Crippen LogP contribution in [-0.4, -0.2) is 29.3 Å². The highest BCUT2D eigenvalue weighted by molar-refractivity contribution is 6.30. The van der Waals surface area contributed by atoms with Gasteiger partial charge in [-0.3, -0.25) is 9.59 Å². The van der Waals surface area contributed by atoms with Gasteiger partial charge in [-0.15, -0.1) is 0 Å². The molecule has 4 nitrogen and oxygen atoms in total. The summed E-state index contributed by atoms with van der Waals surface area (Å²) in [6, 6.07) is 26.6. The molecule has 0 unspecified atom stereocenters. The molecule has 1 atom stereocenters. The number of carbonyl (C=O) groups is 2. The quantitative estimate of drug-likeness (QED) is 0.472. The second-order valence-electron chi connectivity index (χ2n) is 7.74. The van der Waals surface area contributed by atoms with Gasteiger partial charge in [-0.1, -0.05) is 84.4 Å². The number of nitrogens with zero attached hydrogens (tertiary/aromatic N) is 1. The molecule has 0 aliphatic heterocycles. The molecule has 2 amide bonds. The van der Waals surface area contributed by atoms with Gasteiger partial charge in [-0.2, -0.15) is 0 Å². The molecule has 3 aromatic rings. The molecular weight excluding hydrogens is 420 g/mol. The summed E-state index contributed by atoms with van der Waals surface area (Å²) in [5.41, 5.74) is 3.00. The van der Waals surface area contributed by atoms with Crippen molar-refractivity contribution in [3.63, 3.8) is 0 Å². The van der Waals surface area contributed by atoms with Gasteiger partial charge < -0.3 is 10.2 Å². The van der Waals surface area contributed by atoms with E-state index in [1.54, 1.807) is 11.0 Å². The molecule has 166 valence electrons. The van der Waals surface area contributed by atoms with Gasteiger partial charge in [0, 0.05) is 31.0 Å². The summed E-state index contributed by atoms with van der Waals surface area (Å²) in [5.74, 6) is -0.201. The van der Waals surface area contributed by atoms with Crippen molar-refractivity contribution in [2.45, 2.75) is 38.8 Å². The lowest BCUT2D eigenvalue weighted by Crippen LogP contribution is -2.50. The van der Waals surface area contributed by atoms with Crippen LogP contribution in [0.25, 0.3) is 0 Å². The predicted molar refractivity (Wildman–Crippen MR) is 129 cm³/mol. The van der Waals surface area contributed by atoms with Crippen LogP contribution >= 0.6 is 11.6 Å². The zero-order valence-corrected chi connectivity index (χ0v) is 19.1. The van der Waals surface area contributed by atoms with Gasteiger partial charge in [0.25, 0.3) is 0 Å². The average Bonchev–Trinajstić information content (AvgIpc) is 2.81. The highest BCUT2D eigenvalue weighted by atomic mass is 35.5. The molecule has 3 aromatic carbocycles. The molecule has 0 aliphatic rings. The van der Waals surface area contributed by atoms with Gasteiger partial charge in [-0.05, 0) is 42.2 Å². The van der Waals surface area contributed by atoms with Crippen LogP contribution in [0.3, 0.4) is 0 Å². The Balaban J connectivity index is 1.88. The van der Waals surface area contributed by atoms with Crippen LogP contribution in [0, 0.1) is 0 Å². The minimum Gasteiger partial charge on any atom is -0.355 e. The summed E-state index contributed by atoms with van der Waals surface area (Å²) < 4.78 is 0. The second-order valence-corrected chi connectivity index (χ2v) is 8.17. The van der Waals surface area contributed by atoms with E-state index in [-0.39, 0.29) is 11.8 Å². The predicted octanol–water partition coefficient (Wildman–Crippen LogP) is 5.05. The summed E-state index contributed by atoms with van der Waals surface area (Å²) in [6.07, 6.45) is 1.40. The van der Waals surface area contributed by atoms with E-state index >= 15 is 0 Å². The Morgan fingerprint density at radius 2 is 1.50 bits per heavy atom. The van der Waals surface area contributed by atoms with E-state index in [1.165, 1.54) is 0 Å². The second kappa shape index (κ2) is 12.1. The fourth-order valence-corrected chi connectivity index (χ4v) is 3.93. The fourth-order valence-electron chi connectivity index (χ4n) is 3.72. The van der Waals surface area contributed by atoms with Crippen molar-refractivity contribution in [2.75, 3.05) is 6.54 Å². The van der Waals surface area contributed by atoms with Crippen molar-refractivity contribution in [1.82, 2.24) is 10.2 Å². The fraction of sp³-hybridized carbons (Fsp3) is 0.259. The van der Waals surface area contributed by atoms with Crippen LogP contribution in [-0.2, 0) is 29.0 Å². The van der Waals surface area contributed by atoms with Gasteiger partial charge in [0.15, 0.2) is 0 Å². The molecule has 5 heteroatoms. The van der Waals surface area contributed by atoms with Crippen molar-refractivity contribution in [1.29, 1.82) is 0 Å². The topological polar surface area (TPSA) is 49.4 Å². The first-order valence-corrected chi connectivity index (χ1v) is 11.3. The van der Waals surface area contributed by atoms with Crippen molar-refractivity contribution in [2.24, 2.45) is 0 Å². The molecule has 3 rings (SSSR count). The van der Waals surface area contributed by atoms with Gasteiger partial charge in [0.1, 0.15) is 6.04 Å². The zero-order valence-electron chi connectivity index (χ0n) is 18.3. The Hall–Kier alpha value is -3.11. The molecule has 0 bridgehead atoms. The van der Waals surface area contributed by atoms with E-state index < -0.39 is 6.04 Å². The van der Waals surface area contributed by atoms with E-state index in [0.29, 0.717) is 37.4 Å². The normalized spacial score (nSPS) is 11.6. The first kappa shape index (κ1) is 23.6. The van der Waals surface area contributed by atoms with Crippen molar-refractivity contribution >= 4 is 23.4 Å². The Morgan fingerprint density at radius 1 is 0.875 bits per heavy atom. The Morgan fingerprint density at radius 3 is 2.12 bits per heavy atom. The van der Waals surface area contributed by atoms with E-state index in [0.717, 1.165) is 16.7 Å². The Labute approximate surface area is 195 Å². The number of hydrogen-bond donors (Lipinski definition) is 1. The van der Waals surface area contributed by atoms with Crippen molar-refractivity contribution in [3.05, 3.63) is 107 Å². The number of carbonyl (C=O) groups excluding carboxylic acids is 2. The third-order valence-corrected chi connectivity index (χ3v) is 5.57. The van der Waals surface area contributed by atoms with E-state index in [9.17, 15) is 9.59 Å². The van der Waals surface area contributed by atoms with Gasteiger partial charge >= 0.3 is 0 Å².